The number of methoxy groups -OCH3 is 1. The molecule has 0 spiro atoms. The molecule has 0 aliphatic carbocycles. The van der Waals surface area contributed by atoms with E-state index in [1.807, 2.05) is 0 Å². The number of aromatic nitrogens is 2. The van der Waals surface area contributed by atoms with Crippen molar-refractivity contribution >= 4 is 5.91 Å². The molecule has 0 fully saturated rings. The first-order valence-corrected chi connectivity index (χ1v) is 5.03. The van der Waals surface area contributed by atoms with E-state index in [-0.39, 0.29) is 12.0 Å². The molecule has 0 saturated carbocycles. The lowest BCUT2D eigenvalue weighted by Crippen LogP contribution is -2.34. The molecule has 0 aliphatic rings. The molecule has 1 aromatic rings. The fourth-order valence-electron chi connectivity index (χ4n) is 1.15. The van der Waals surface area contributed by atoms with Gasteiger partial charge in [-0.05, 0) is 13.3 Å². The molecule has 1 rings (SSSR count). The molecule has 0 aliphatic heterocycles. The van der Waals surface area contributed by atoms with Gasteiger partial charge < -0.3 is 15.0 Å². The number of imidazole rings is 1. The van der Waals surface area contributed by atoms with Crippen LogP contribution in [-0.4, -0.2) is 35.6 Å². The number of nitrogens with one attached hydrogen (secondary N) is 2. The van der Waals surface area contributed by atoms with E-state index in [1.54, 1.807) is 19.3 Å². The third-order valence-electron chi connectivity index (χ3n) is 2.17. The molecule has 0 bridgehead atoms. The second-order valence-corrected chi connectivity index (χ2v) is 3.31. The van der Waals surface area contributed by atoms with Gasteiger partial charge in [-0.15, -0.1) is 0 Å². The van der Waals surface area contributed by atoms with E-state index in [9.17, 15) is 4.79 Å². The zero-order valence-corrected chi connectivity index (χ0v) is 9.12. The number of hydrogen-bond donors (Lipinski definition) is 2. The standard InChI is InChI=1S/C10H17N3O2/c1-8(15-2)10(14)13-5-3-4-9-11-6-7-12-9/h6-8H,3-5H2,1-2H3,(H,11,12)(H,13,14). The Morgan fingerprint density at radius 3 is 3.13 bits per heavy atom. The third-order valence-corrected chi connectivity index (χ3v) is 2.17. The molecule has 0 aromatic carbocycles. The topological polar surface area (TPSA) is 67.0 Å². The first-order valence-electron chi connectivity index (χ1n) is 5.03. The van der Waals surface area contributed by atoms with Crippen LogP contribution < -0.4 is 5.32 Å². The smallest absolute Gasteiger partial charge is 0.248 e. The summed E-state index contributed by atoms with van der Waals surface area (Å²) < 4.78 is 4.88. The molecule has 1 aromatic heterocycles. The fraction of sp³-hybridized carbons (Fsp3) is 0.600. The number of carbonyl (C=O) groups excluding carboxylic acids is 1. The maximum Gasteiger partial charge on any atom is 0.248 e. The number of rotatable bonds is 6. The molecule has 1 amide bonds. The van der Waals surface area contributed by atoms with Crippen LogP contribution in [0.2, 0.25) is 0 Å². The highest BCUT2D eigenvalue weighted by atomic mass is 16.5. The van der Waals surface area contributed by atoms with Crippen molar-refractivity contribution in [2.45, 2.75) is 25.9 Å². The van der Waals surface area contributed by atoms with Crippen molar-refractivity contribution in [3.8, 4) is 0 Å². The quantitative estimate of drug-likeness (QED) is 0.673. The second kappa shape index (κ2) is 6.19. The normalized spacial score (nSPS) is 12.4. The molecule has 2 N–H and O–H groups in total. The SMILES string of the molecule is COC(C)C(=O)NCCCc1ncc[nH]1. The predicted octanol–water partition coefficient (Wildman–Crippen LogP) is 0.493. The van der Waals surface area contributed by atoms with E-state index < -0.39 is 0 Å². The van der Waals surface area contributed by atoms with Gasteiger partial charge in [0.2, 0.25) is 5.91 Å². The first kappa shape index (κ1) is 11.7. The van der Waals surface area contributed by atoms with Crippen LogP contribution >= 0.6 is 0 Å². The largest absolute Gasteiger partial charge is 0.372 e. The first-order chi connectivity index (χ1) is 7.24. The minimum Gasteiger partial charge on any atom is -0.372 e. The van der Waals surface area contributed by atoms with Gasteiger partial charge in [0.15, 0.2) is 0 Å². The van der Waals surface area contributed by atoms with Crippen molar-refractivity contribution in [2.24, 2.45) is 0 Å². The Bertz CT molecular complexity index is 285. The molecule has 5 nitrogen and oxygen atoms in total. The minimum absolute atomic E-state index is 0.0723. The number of hydrogen-bond acceptors (Lipinski definition) is 3. The number of carbonyl (C=O) groups is 1. The number of H-pyrrole nitrogens is 1. The highest BCUT2D eigenvalue weighted by Gasteiger charge is 2.09. The number of ether oxygens (including phenoxy) is 1. The fourth-order valence-corrected chi connectivity index (χ4v) is 1.15. The molecular weight excluding hydrogens is 194 g/mol. The van der Waals surface area contributed by atoms with Crippen molar-refractivity contribution < 1.29 is 9.53 Å². The zero-order chi connectivity index (χ0) is 11.1. The van der Waals surface area contributed by atoms with E-state index in [0.717, 1.165) is 18.7 Å². The van der Waals surface area contributed by atoms with Crippen molar-refractivity contribution in [3.63, 3.8) is 0 Å². The Kier molecular flexibility index (Phi) is 4.83. The van der Waals surface area contributed by atoms with Crippen LogP contribution in [0, 0.1) is 0 Å². The highest BCUT2D eigenvalue weighted by molar-refractivity contribution is 5.80. The average molecular weight is 211 g/mol. The van der Waals surface area contributed by atoms with Crippen molar-refractivity contribution in [1.82, 2.24) is 15.3 Å². The summed E-state index contributed by atoms with van der Waals surface area (Å²) in [6.07, 6.45) is 4.85. The molecule has 5 heteroatoms. The van der Waals surface area contributed by atoms with Crippen LogP contribution in [0.25, 0.3) is 0 Å². The van der Waals surface area contributed by atoms with E-state index in [1.165, 1.54) is 7.11 Å². The van der Waals surface area contributed by atoms with Crippen LogP contribution in [0.4, 0.5) is 0 Å². The molecule has 84 valence electrons. The van der Waals surface area contributed by atoms with Gasteiger partial charge in [0.05, 0.1) is 0 Å². The van der Waals surface area contributed by atoms with Gasteiger partial charge in [-0.1, -0.05) is 0 Å². The Hall–Kier alpha value is -1.36. The van der Waals surface area contributed by atoms with Crippen LogP contribution in [-0.2, 0) is 16.0 Å². The van der Waals surface area contributed by atoms with E-state index in [4.69, 9.17) is 4.74 Å². The van der Waals surface area contributed by atoms with E-state index in [0.29, 0.717) is 6.54 Å². The summed E-state index contributed by atoms with van der Waals surface area (Å²) in [7, 11) is 1.52. The summed E-state index contributed by atoms with van der Waals surface area (Å²) in [4.78, 5) is 18.4. The van der Waals surface area contributed by atoms with Gasteiger partial charge in [-0.25, -0.2) is 4.98 Å². The van der Waals surface area contributed by atoms with Crippen LogP contribution in [0.3, 0.4) is 0 Å². The maximum absolute atomic E-state index is 11.3. The summed E-state index contributed by atoms with van der Waals surface area (Å²) in [5.41, 5.74) is 0. The van der Waals surface area contributed by atoms with Gasteiger partial charge in [-0.2, -0.15) is 0 Å². The van der Waals surface area contributed by atoms with Crippen LogP contribution in [0.1, 0.15) is 19.2 Å². The Morgan fingerprint density at radius 2 is 2.53 bits per heavy atom. The molecule has 15 heavy (non-hydrogen) atoms. The zero-order valence-electron chi connectivity index (χ0n) is 9.12. The van der Waals surface area contributed by atoms with Crippen molar-refractivity contribution in [2.75, 3.05) is 13.7 Å². The number of nitrogens with zero attached hydrogens (tertiary/aromatic N) is 1. The summed E-state index contributed by atoms with van der Waals surface area (Å²) in [5.74, 6) is 0.876. The monoisotopic (exact) mass is 211 g/mol. The molecule has 0 saturated heterocycles. The van der Waals surface area contributed by atoms with Crippen LogP contribution in [0.5, 0.6) is 0 Å². The van der Waals surface area contributed by atoms with Gasteiger partial charge in [0.1, 0.15) is 11.9 Å². The highest BCUT2D eigenvalue weighted by Crippen LogP contribution is 1.94. The van der Waals surface area contributed by atoms with Crippen molar-refractivity contribution in [1.29, 1.82) is 0 Å². The summed E-state index contributed by atoms with van der Waals surface area (Å²) in [6.45, 7) is 2.37. The molecule has 1 unspecified atom stereocenters. The Morgan fingerprint density at radius 1 is 1.73 bits per heavy atom. The van der Waals surface area contributed by atoms with E-state index >= 15 is 0 Å². The molecule has 0 radical (unpaired) electrons. The van der Waals surface area contributed by atoms with Gasteiger partial charge in [0, 0.05) is 32.5 Å². The third kappa shape index (κ3) is 4.12. The average Bonchev–Trinajstić information content (AvgIpc) is 2.75. The minimum atomic E-state index is -0.381. The second-order valence-electron chi connectivity index (χ2n) is 3.31. The number of aromatic amines is 1. The summed E-state index contributed by atoms with van der Waals surface area (Å²) in [5, 5.41) is 2.79. The van der Waals surface area contributed by atoms with Gasteiger partial charge >= 0.3 is 0 Å². The molecule has 1 heterocycles. The lowest BCUT2D eigenvalue weighted by atomic mass is 10.3. The van der Waals surface area contributed by atoms with E-state index in [2.05, 4.69) is 15.3 Å². The molecular formula is C10H17N3O2. The van der Waals surface area contributed by atoms with Crippen LogP contribution in [0.15, 0.2) is 12.4 Å². The van der Waals surface area contributed by atoms with Gasteiger partial charge in [0.25, 0.3) is 0 Å². The lowest BCUT2D eigenvalue weighted by Gasteiger charge is -2.09. The van der Waals surface area contributed by atoms with Crippen molar-refractivity contribution in [3.05, 3.63) is 18.2 Å². The van der Waals surface area contributed by atoms with Gasteiger partial charge in [-0.3, -0.25) is 4.79 Å². The summed E-state index contributed by atoms with van der Waals surface area (Å²) >= 11 is 0. The summed E-state index contributed by atoms with van der Waals surface area (Å²) in [6, 6.07) is 0. The lowest BCUT2D eigenvalue weighted by molar-refractivity contribution is -0.130. The Balaban J connectivity index is 2.09. The number of aryl methyl sites for hydroxylation is 1. The predicted molar refractivity (Wildman–Crippen MR) is 56.4 cm³/mol. The maximum atomic E-state index is 11.3. The molecule has 1 atom stereocenters. The number of amides is 1. The Labute approximate surface area is 89.2 Å².